The molecule has 1 aromatic carbocycles. The Morgan fingerprint density at radius 3 is 2.55 bits per heavy atom. The van der Waals surface area contributed by atoms with Gasteiger partial charge in [0.1, 0.15) is 6.71 Å². The third kappa shape index (κ3) is 4.85. The van der Waals surface area contributed by atoms with Crippen molar-refractivity contribution >= 4 is 6.71 Å². The quantitative estimate of drug-likeness (QED) is 0.408. The first kappa shape index (κ1) is 17.1. The molecule has 1 atom stereocenters. The van der Waals surface area contributed by atoms with E-state index in [0.29, 0.717) is 5.92 Å². The molecule has 0 saturated carbocycles. The monoisotopic (exact) mass is 270 g/mol. The van der Waals surface area contributed by atoms with Crippen LogP contribution in [0.2, 0.25) is 12.6 Å². The van der Waals surface area contributed by atoms with Gasteiger partial charge in [-0.15, -0.1) is 6.58 Å². The van der Waals surface area contributed by atoms with Crippen LogP contribution in [0.5, 0.6) is 0 Å². The second-order valence-electron chi connectivity index (χ2n) is 6.39. The summed E-state index contributed by atoms with van der Waals surface area (Å²) in [5, 5.41) is 0. The van der Waals surface area contributed by atoms with E-state index in [0.717, 1.165) is 6.71 Å². The first-order valence-electron chi connectivity index (χ1n) is 8.22. The van der Waals surface area contributed by atoms with Gasteiger partial charge in [0.05, 0.1) is 0 Å². The molecule has 0 unspecified atom stereocenters. The van der Waals surface area contributed by atoms with Crippen molar-refractivity contribution in [2.75, 3.05) is 0 Å². The van der Waals surface area contributed by atoms with Gasteiger partial charge in [0, 0.05) is 0 Å². The number of aryl methyl sites for hydroxylation is 1. The smallest absolute Gasteiger partial charge is 0.100 e. The summed E-state index contributed by atoms with van der Waals surface area (Å²) in [5.74, 6) is 0.660. The standard InChI is InChI=1S/C19H31B/c1-7-12-20(13-17(5)15(3)8-2)14-19-11-9-10-16(4)18(19)6/h9-11,15H,5,7-8,12-14H2,1-4,6H3/t15-/m0/s1. The van der Waals surface area contributed by atoms with Gasteiger partial charge in [0.2, 0.25) is 0 Å². The van der Waals surface area contributed by atoms with Crippen molar-refractivity contribution in [3.8, 4) is 0 Å². The molecule has 1 heteroatoms. The van der Waals surface area contributed by atoms with Gasteiger partial charge >= 0.3 is 0 Å². The molecule has 0 radical (unpaired) electrons. The fourth-order valence-corrected chi connectivity index (χ4v) is 2.89. The maximum absolute atomic E-state index is 4.33. The third-order valence-corrected chi connectivity index (χ3v) is 4.78. The number of allylic oxidation sites excluding steroid dienone is 1. The van der Waals surface area contributed by atoms with Gasteiger partial charge in [-0.3, -0.25) is 0 Å². The Labute approximate surface area is 126 Å². The highest BCUT2D eigenvalue weighted by molar-refractivity contribution is 6.59. The van der Waals surface area contributed by atoms with E-state index in [9.17, 15) is 0 Å². The topological polar surface area (TPSA) is 0 Å². The molecule has 0 saturated heterocycles. The molecule has 0 aromatic heterocycles. The van der Waals surface area contributed by atoms with Crippen LogP contribution in [0.4, 0.5) is 0 Å². The Morgan fingerprint density at radius 2 is 1.95 bits per heavy atom. The van der Waals surface area contributed by atoms with Crippen LogP contribution in [0.1, 0.15) is 50.3 Å². The minimum Gasteiger partial charge on any atom is -0.100 e. The zero-order chi connectivity index (χ0) is 15.1. The lowest BCUT2D eigenvalue weighted by molar-refractivity contribution is 0.655. The molecular formula is C19H31B. The minimum absolute atomic E-state index is 0.660. The van der Waals surface area contributed by atoms with Crippen LogP contribution in [0.15, 0.2) is 30.4 Å². The Kier molecular flexibility index (Phi) is 7.12. The highest BCUT2D eigenvalue weighted by Gasteiger charge is 2.18. The van der Waals surface area contributed by atoms with E-state index in [1.165, 1.54) is 54.1 Å². The average molecular weight is 270 g/mol. The van der Waals surface area contributed by atoms with Crippen molar-refractivity contribution in [2.24, 2.45) is 5.92 Å². The zero-order valence-electron chi connectivity index (χ0n) is 14.1. The summed E-state index contributed by atoms with van der Waals surface area (Å²) in [5.41, 5.74) is 5.86. The predicted molar refractivity (Wildman–Crippen MR) is 93.9 cm³/mol. The minimum atomic E-state index is 0.660. The molecule has 1 aromatic rings. The molecule has 0 spiro atoms. The molecule has 0 bridgehead atoms. The van der Waals surface area contributed by atoms with Gasteiger partial charge in [-0.1, -0.05) is 69.2 Å². The van der Waals surface area contributed by atoms with Gasteiger partial charge in [-0.25, -0.2) is 0 Å². The maximum Gasteiger partial charge on any atom is 0.148 e. The molecule has 0 N–H and O–H groups in total. The molecule has 0 heterocycles. The lowest BCUT2D eigenvalue weighted by Gasteiger charge is -2.19. The molecule has 20 heavy (non-hydrogen) atoms. The summed E-state index contributed by atoms with van der Waals surface area (Å²) < 4.78 is 0. The normalized spacial score (nSPS) is 12.2. The second-order valence-corrected chi connectivity index (χ2v) is 6.39. The summed E-state index contributed by atoms with van der Waals surface area (Å²) >= 11 is 0. The number of hydrogen-bond donors (Lipinski definition) is 0. The number of benzene rings is 1. The lowest BCUT2D eigenvalue weighted by Crippen LogP contribution is -2.19. The van der Waals surface area contributed by atoms with E-state index in [1.54, 1.807) is 0 Å². The molecule has 0 amide bonds. The molecule has 1 rings (SSSR count). The van der Waals surface area contributed by atoms with Crippen molar-refractivity contribution < 1.29 is 0 Å². The molecule has 0 aliphatic heterocycles. The second kappa shape index (κ2) is 8.34. The third-order valence-electron chi connectivity index (χ3n) is 4.78. The Bertz CT molecular complexity index is 433. The van der Waals surface area contributed by atoms with E-state index in [2.05, 4.69) is 59.4 Å². The van der Waals surface area contributed by atoms with Crippen molar-refractivity contribution in [2.45, 2.75) is 66.4 Å². The number of rotatable bonds is 8. The van der Waals surface area contributed by atoms with Crippen LogP contribution in [-0.4, -0.2) is 6.71 Å². The SMILES string of the molecule is C=C(CB(CCC)Cc1cccc(C)c1C)[C@@H](C)CC. The zero-order valence-corrected chi connectivity index (χ0v) is 14.1. The number of hydrogen-bond acceptors (Lipinski definition) is 0. The highest BCUT2D eigenvalue weighted by Crippen LogP contribution is 2.23. The van der Waals surface area contributed by atoms with Crippen LogP contribution in [0.25, 0.3) is 0 Å². The van der Waals surface area contributed by atoms with E-state index >= 15 is 0 Å². The fraction of sp³-hybridized carbons (Fsp3) is 0.579. The van der Waals surface area contributed by atoms with Crippen LogP contribution >= 0.6 is 0 Å². The highest BCUT2D eigenvalue weighted by atomic mass is 14.1. The lowest BCUT2D eigenvalue weighted by atomic mass is 9.40. The van der Waals surface area contributed by atoms with Gasteiger partial charge in [-0.05, 0) is 43.6 Å². The van der Waals surface area contributed by atoms with Crippen molar-refractivity contribution in [1.82, 2.24) is 0 Å². The van der Waals surface area contributed by atoms with E-state index < -0.39 is 0 Å². The Hall–Kier alpha value is -0.975. The fourth-order valence-electron chi connectivity index (χ4n) is 2.89. The van der Waals surface area contributed by atoms with Crippen LogP contribution < -0.4 is 0 Å². The predicted octanol–water partition coefficient (Wildman–Crippen LogP) is 5.89. The summed E-state index contributed by atoms with van der Waals surface area (Å²) in [7, 11) is 0. The Morgan fingerprint density at radius 1 is 1.25 bits per heavy atom. The summed E-state index contributed by atoms with van der Waals surface area (Å²) in [6.07, 6.45) is 6.18. The van der Waals surface area contributed by atoms with Gasteiger partial charge in [0.25, 0.3) is 0 Å². The van der Waals surface area contributed by atoms with Gasteiger partial charge in [-0.2, -0.15) is 0 Å². The van der Waals surface area contributed by atoms with Crippen molar-refractivity contribution in [3.63, 3.8) is 0 Å². The van der Waals surface area contributed by atoms with Crippen LogP contribution in [0, 0.1) is 19.8 Å². The molecule has 0 aliphatic rings. The summed E-state index contributed by atoms with van der Waals surface area (Å²) in [6.45, 7) is 16.4. The van der Waals surface area contributed by atoms with E-state index in [-0.39, 0.29) is 0 Å². The summed E-state index contributed by atoms with van der Waals surface area (Å²) in [4.78, 5) is 0. The molecular weight excluding hydrogens is 239 g/mol. The first-order chi connectivity index (χ1) is 9.49. The summed E-state index contributed by atoms with van der Waals surface area (Å²) in [6, 6.07) is 6.72. The van der Waals surface area contributed by atoms with Crippen molar-refractivity contribution in [3.05, 3.63) is 47.0 Å². The Balaban J connectivity index is 2.76. The molecule has 0 nitrogen and oxygen atoms in total. The van der Waals surface area contributed by atoms with Crippen LogP contribution in [0.3, 0.4) is 0 Å². The largest absolute Gasteiger partial charge is 0.148 e. The van der Waals surface area contributed by atoms with Crippen LogP contribution in [-0.2, 0) is 6.32 Å². The first-order valence-corrected chi connectivity index (χ1v) is 8.22. The van der Waals surface area contributed by atoms with E-state index in [4.69, 9.17) is 0 Å². The molecule has 110 valence electrons. The maximum atomic E-state index is 4.33. The molecule has 0 aliphatic carbocycles. The average Bonchev–Trinajstić information content (AvgIpc) is 2.43. The molecule has 0 fully saturated rings. The van der Waals surface area contributed by atoms with E-state index in [1.807, 2.05) is 0 Å². The van der Waals surface area contributed by atoms with Crippen molar-refractivity contribution in [1.29, 1.82) is 0 Å². The van der Waals surface area contributed by atoms with Gasteiger partial charge in [0.15, 0.2) is 0 Å². The van der Waals surface area contributed by atoms with Gasteiger partial charge < -0.3 is 0 Å².